The average molecular weight is 227 g/mol. The van der Waals surface area contributed by atoms with Gasteiger partial charge in [-0.15, -0.1) is 10.2 Å². The molecular weight excluding hydrogens is 220 g/mol. The molecular formula is C9H7ClN2OS. The molecule has 5 heteroatoms. The van der Waals surface area contributed by atoms with Gasteiger partial charge in [0, 0.05) is 0 Å². The van der Waals surface area contributed by atoms with Crippen LogP contribution in [0.5, 0.6) is 5.75 Å². The molecule has 0 bridgehead atoms. The Morgan fingerprint density at radius 1 is 1.29 bits per heavy atom. The monoisotopic (exact) mass is 226 g/mol. The Hall–Kier alpha value is -1.13. The van der Waals surface area contributed by atoms with Crippen LogP contribution < -0.4 is 4.74 Å². The summed E-state index contributed by atoms with van der Waals surface area (Å²) in [5, 5.41) is 8.47. The fraction of sp³-hybridized carbons (Fsp3) is 0.111. The molecule has 0 N–H and O–H groups in total. The van der Waals surface area contributed by atoms with Gasteiger partial charge < -0.3 is 4.74 Å². The number of aromatic nitrogens is 2. The third kappa shape index (κ3) is 1.71. The Bertz CT molecular complexity index is 444. The normalized spacial score (nSPS) is 10.1. The molecule has 0 radical (unpaired) electrons. The van der Waals surface area contributed by atoms with Crippen molar-refractivity contribution in [2.24, 2.45) is 0 Å². The maximum atomic E-state index is 5.71. The highest BCUT2D eigenvalue weighted by atomic mass is 35.5. The van der Waals surface area contributed by atoms with Crippen LogP contribution in [0.25, 0.3) is 10.6 Å². The summed E-state index contributed by atoms with van der Waals surface area (Å²) < 4.78 is 5.64. The third-order valence-electron chi connectivity index (χ3n) is 1.74. The van der Waals surface area contributed by atoms with Gasteiger partial charge >= 0.3 is 0 Å². The predicted octanol–water partition coefficient (Wildman–Crippen LogP) is 2.87. The molecule has 0 aliphatic carbocycles. The number of methoxy groups -OCH3 is 1. The van der Waals surface area contributed by atoms with Crippen LogP contribution in [0.3, 0.4) is 0 Å². The van der Waals surface area contributed by atoms with Crippen LogP contribution in [0.15, 0.2) is 24.3 Å². The van der Waals surface area contributed by atoms with Gasteiger partial charge in [0.15, 0.2) is 5.01 Å². The van der Waals surface area contributed by atoms with Gasteiger partial charge in [-0.3, -0.25) is 0 Å². The van der Waals surface area contributed by atoms with Crippen molar-refractivity contribution in [3.63, 3.8) is 0 Å². The van der Waals surface area contributed by atoms with Crippen molar-refractivity contribution in [2.75, 3.05) is 7.11 Å². The molecule has 0 saturated heterocycles. The Morgan fingerprint density at radius 3 is 2.71 bits per heavy atom. The first-order valence-corrected chi connectivity index (χ1v) is 5.13. The number of hydrogen-bond donors (Lipinski definition) is 0. The van der Waals surface area contributed by atoms with Crippen molar-refractivity contribution in [1.29, 1.82) is 0 Å². The molecule has 1 heterocycles. The summed E-state index contributed by atoms with van der Waals surface area (Å²) in [5.74, 6) is 0.778. The maximum Gasteiger partial charge on any atom is 0.207 e. The fourth-order valence-electron chi connectivity index (χ4n) is 1.14. The molecule has 3 nitrogen and oxygen atoms in total. The lowest BCUT2D eigenvalue weighted by molar-refractivity contribution is 0.416. The molecule has 0 amide bonds. The van der Waals surface area contributed by atoms with Crippen LogP contribution >= 0.6 is 22.9 Å². The van der Waals surface area contributed by atoms with Crippen molar-refractivity contribution < 1.29 is 4.74 Å². The van der Waals surface area contributed by atoms with E-state index in [9.17, 15) is 0 Å². The summed E-state index contributed by atoms with van der Waals surface area (Å²) in [5.41, 5.74) is 0.916. The Morgan fingerprint density at radius 2 is 2.07 bits per heavy atom. The average Bonchev–Trinajstić information content (AvgIpc) is 2.65. The molecule has 72 valence electrons. The van der Waals surface area contributed by atoms with Gasteiger partial charge in [-0.05, 0) is 23.7 Å². The van der Waals surface area contributed by atoms with E-state index < -0.39 is 0 Å². The van der Waals surface area contributed by atoms with E-state index in [0.29, 0.717) is 4.47 Å². The van der Waals surface area contributed by atoms with Crippen molar-refractivity contribution in [1.82, 2.24) is 10.2 Å². The highest BCUT2D eigenvalue weighted by molar-refractivity contribution is 7.18. The second-order valence-corrected chi connectivity index (χ2v) is 4.12. The number of para-hydroxylation sites is 1. The Kier molecular flexibility index (Phi) is 2.65. The Labute approximate surface area is 90.3 Å². The van der Waals surface area contributed by atoms with Crippen molar-refractivity contribution in [3.05, 3.63) is 28.7 Å². The molecule has 14 heavy (non-hydrogen) atoms. The van der Waals surface area contributed by atoms with Crippen LogP contribution in [0.2, 0.25) is 4.47 Å². The van der Waals surface area contributed by atoms with Gasteiger partial charge in [0.25, 0.3) is 0 Å². The standard InChI is InChI=1S/C9H7ClN2OS/c1-13-7-5-3-2-4-6(7)8-11-12-9(10)14-8/h2-5H,1H3. The molecule has 0 spiro atoms. The molecule has 1 aromatic heterocycles. The minimum absolute atomic E-state index is 0.436. The zero-order chi connectivity index (χ0) is 9.97. The Balaban J connectivity index is 2.50. The van der Waals surface area contributed by atoms with E-state index in [1.165, 1.54) is 11.3 Å². The van der Waals surface area contributed by atoms with Gasteiger partial charge in [0.2, 0.25) is 4.47 Å². The number of halogens is 1. The summed E-state index contributed by atoms with van der Waals surface area (Å²) in [4.78, 5) is 0. The van der Waals surface area contributed by atoms with E-state index in [1.54, 1.807) is 7.11 Å². The molecule has 0 fully saturated rings. The first kappa shape index (κ1) is 9.43. The zero-order valence-corrected chi connectivity index (χ0v) is 8.97. The maximum absolute atomic E-state index is 5.71. The van der Waals surface area contributed by atoms with Crippen LogP contribution in [0.1, 0.15) is 0 Å². The van der Waals surface area contributed by atoms with E-state index in [-0.39, 0.29) is 0 Å². The molecule has 0 atom stereocenters. The largest absolute Gasteiger partial charge is 0.496 e. The van der Waals surface area contributed by atoms with Gasteiger partial charge in [0.05, 0.1) is 12.7 Å². The van der Waals surface area contributed by atoms with Crippen molar-refractivity contribution in [3.8, 4) is 16.3 Å². The molecule has 2 rings (SSSR count). The van der Waals surface area contributed by atoms with Gasteiger partial charge in [0.1, 0.15) is 5.75 Å². The highest BCUT2D eigenvalue weighted by Crippen LogP contribution is 2.32. The lowest BCUT2D eigenvalue weighted by atomic mass is 10.2. The van der Waals surface area contributed by atoms with Crippen molar-refractivity contribution in [2.45, 2.75) is 0 Å². The number of benzene rings is 1. The minimum Gasteiger partial charge on any atom is -0.496 e. The van der Waals surface area contributed by atoms with E-state index >= 15 is 0 Å². The molecule has 0 saturated carbocycles. The molecule has 1 aromatic carbocycles. The summed E-state index contributed by atoms with van der Waals surface area (Å²) >= 11 is 7.04. The van der Waals surface area contributed by atoms with Gasteiger partial charge in [-0.2, -0.15) is 0 Å². The zero-order valence-electron chi connectivity index (χ0n) is 7.40. The quantitative estimate of drug-likeness (QED) is 0.790. The SMILES string of the molecule is COc1ccccc1-c1nnc(Cl)s1. The van der Waals surface area contributed by atoms with E-state index in [2.05, 4.69) is 10.2 Å². The second-order valence-electron chi connectivity index (χ2n) is 2.56. The molecule has 0 aliphatic rings. The first-order valence-electron chi connectivity index (χ1n) is 3.93. The fourth-order valence-corrected chi connectivity index (χ4v) is 1.99. The lowest BCUT2D eigenvalue weighted by Gasteiger charge is -2.03. The summed E-state index contributed by atoms with van der Waals surface area (Å²) in [7, 11) is 1.63. The van der Waals surface area contributed by atoms with Crippen molar-refractivity contribution >= 4 is 22.9 Å². The van der Waals surface area contributed by atoms with Crippen LogP contribution in [0.4, 0.5) is 0 Å². The first-order chi connectivity index (χ1) is 6.81. The molecule has 2 aromatic rings. The summed E-state index contributed by atoms with van der Waals surface area (Å²) in [6.07, 6.45) is 0. The van der Waals surface area contributed by atoms with E-state index in [1.807, 2.05) is 24.3 Å². The van der Waals surface area contributed by atoms with E-state index in [4.69, 9.17) is 16.3 Å². The van der Waals surface area contributed by atoms with Gasteiger partial charge in [-0.25, -0.2) is 0 Å². The lowest BCUT2D eigenvalue weighted by Crippen LogP contribution is -1.86. The van der Waals surface area contributed by atoms with Crippen LogP contribution in [-0.4, -0.2) is 17.3 Å². The van der Waals surface area contributed by atoms with E-state index in [0.717, 1.165) is 16.3 Å². The smallest absolute Gasteiger partial charge is 0.207 e. The number of ether oxygens (including phenoxy) is 1. The van der Waals surface area contributed by atoms with Crippen LogP contribution in [-0.2, 0) is 0 Å². The number of rotatable bonds is 2. The van der Waals surface area contributed by atoms with Crippen LogP contribution in [0, 0.1) is 0 Å². The molecule has 0 aliphatic heterocycles. The third-order valence-corrected chi connectivity index (χ3v) is 2.79. The number of nitrogens with zero attached hydrogens (tertiary/aromatic N) is 2. The predicted molar refractivity (Wildman–Crippen MR) is 56.9 cm³/mol. The number of hydrogen-bond acceptors (Lipinski definition) is 4. The highest BCUT2D eigenvalue weighted by Gasteiger charge is 2.09. The minimum atomic E-state index is 0.436. The second kappa shape index (κ2) is 3.94. The van der Waals surface area contributed by atoms with Gasteiger partial charge in [-0.1, -0.05) is 23.5 Å². The summed E-state index contributed by atoms with van der Waals surface area (Å²) in [6.45, 7) is 0. The topological polar surface area (TPSA) is 35.0 Å². The molecule has 0 unspecified atom stereocenters. The summed E-state index contributed by atoms with van der Waals surface area (Å²) in [6, 6.07) is 7.64.